The van der Waals surface area contributed by atoms with E-state index in [2.05, 4.69) is 13.0 Å². The van der Waals surface area contributed by atoms with Crippen molar-refractivity contribution < 1.29 is 4.74 Å². The van der Waals surface area contributed by atoms with Gasteiger partial charge in [0.25, 0.3) is 0 Å². The smallest absolute Gasteiger partial charge is 0.122 e. The summed E-state index contributed by atoms with van der Waals surface area (Å²) in [7, 11) is 1.71. The lowest BCUT2D eigenvalue weighted by Gasteiger charge is -2.25. The van der Waals surface area contributed by atoms with Crippen molar-refractivity contribution in [3.05, 3.63) is 28.8 Å². The Kier molecular flexibility index (Phi) is 2.46. The van der Waals surface area contributed by atoms with E-state index in [-0.39, 0.29) is 6.04 Å². The molecule has 1 aliphatic rings. The number of hydrogen-bond donors (Lipinski definition) is 1. The van der Waals surface area contributed by atoms with E-state index in [0.717, 1.165) is 18.6 Å². The van der Waals surface area contributed by atoms with Gasteiger partial charge in [-0.25, -0.2) is 0 Å². The zero-order chi connectivity index (χ0) is 10.1. The average Bonchev–Trinajstić information content (AvgIpc) is 2.18. The second kappa shape index (κ2) is 3.62. The standard InChI is InChI=1S/C12H17NO/c1-8-11(14-2)7-6-9-4-3-5-10(13)12(8)9/h6-7,10H,3-5,13H2,1-2H3/t10-/m0/s1. The zero-order valence-electron chi connectivity index (χ0n) is 8.84. The largest absolute Gasteiger partial charge is 0.496 e. The first kappa shape index (κ1) is 9.53. The molecule has 0 amide bonds. The van der Waals surface area contributed by atoms with Crippen LogP contribution in [-0.4, -0.2) is 7.11 Å². The molecule has 0 saturated heterocycles. The quantitative estimate of drug-likeness (QED) is 0.739. The van der Waals surface area contributed by atoms with Crippen LogP contribution < -0.4 is 10.5 Å². The third-order valence-electron chi connectivity index (χ3n) is 3.11. The summed E-state index contributed by atoms with van der Waals surface area (Å²) in [5, 5.41) is 0. The van der Waals surface area contributed by atoms with Gasteiger partial charge < -0.3 is 10.5 Å². The van der Waals surface area contributed by atoms with Gasteiger partial charge in [-0.2, -0.15) is 0 Å². The Labute approximate surface area is 85.1 Å². The summed E-state index contributed by atoms with van der Waals surface area (Å²) < 4.78 is 5.30. The lowest BCUT2D eigenvalue weighted by molar-refractivity contribution is 0.409. The maximum absolute atomic E-state index is 6.12. The highest BCUT2D eigenvalue weighted by atomic mass is 16.5. The SMILES string of the molecule is COc1ccc2c(c1C)[C@@H](N)CCC2. The van der Waals surface area contributed by atoms with Crippen LogP contribution in [0.5, 0.6) is 5.75 Å². The van der Waals surface area contributed by atoms with Gasteiger partial charge in [-0.15, -0.1) is 0 Å². The molecule has 1 aliphatic carbocycles. The zero-order valence-corrected chi connectivity index (χ0v) is 8.84. The van der Waals surface area contributed by atoms with Gasteiger partial charge in [0.1, 0.15) is 5.75 Å². The van der Waals surface area contributed by atoms with E-state index in [4.69, 9.17) is 10.5 Å². The summed E-state index contributed by atoms with van der Waals surface area (Å²) in [6, 6.07) is 4.40. The van der Waals surface area contributed by atoms with Crippen molar-refractivity contribution >= 4 is 0 Å². The maximum atomic E-state index is 6.12. The van der Waals surface area contributed by atoms with Gasteiger partial charge in [0.2, 0.25) is 0 Å². The van der Waals surface area contributed by atoms with Gasteiger partial charge in [-0.3, -0.25) is 0 Å². The molecule has 1 aromatic rings. The Balaban J connectivity index is 2.54. The molecule has 0 bridgehead atoms. The van der Waals surface area contributed by atoms with Crippen LogP contribution in [0.4, 0.5) is 0 Å². The van der Waals surface area contributed by atoms with Crippen molar-refractivity contribution in [1.29, 1.82) is 0 Å². The number of aryl methyl sites for hydroxylation is 1. The molecule has 2 heteroatoms. The number of nitrogens with two attached hydrogens (primary N) is 1. The molecule has 0 spiro atoms. The predicted molar refractivity (Wildman–Crippen MR) is 57.6 cm³/mol. The first-order chi connectivity index (χ1) is 6.74. The fourth-order valence-electron chi connectivity index (χ4n) is 2.38. The molecule has 0 fully saturated rings. The summed E-state index contributed by atoms with van der Waals surface area (Å²) in [5.74, 6) is 0.959. The lowest BCUT2D eigenvalue weighted by Crippen LogP contribution is -2.19. The lowest BCUT2D eigenvalue weighted by atomic mass is 9.85. The third-order valence-corrected chi connectivity index (χ3v) is 3.11. The predicted octanol–water partition coefficient (Wildman–Crippen LogP) is 2.34. The van der Waals surface area contributed by atoms with Crippen LogP contribution in [0, 0.1) is 6.92 Å². The number of fused-ring (bicyclic) bond motifs is 1. The molecule has 1 aromatic carbocycles. The van der Waals surface area contributed by atoms with Crippen LogP contribution in [0.2, 0.25) is 0 Å². The molecule has 0 heterocycles. The van der Waals surface area contributed by atoms with Gasteiger partial charge in [-0.1, -0.05) is 6.07 Å². The molecule has 0 aromatic heterocycles. The van der Waals surface area contributed by atoms with Gasteiger partial charge in [-0.05, 0) is 48.9 Å². The summed E-state index contributed by atoms with van der Waals surface area (Å²) in [4.78, 5) is 0. The van der Waals surface area contributed by atoms with Crippen LogP contribution >= 0.6 is 0 Å². The Morgan fingerprint density at radius 3 is 2.93 bits per heavy atom. The fraction of sp³-hybridized carbons (Fsp3) is 0.500. The van der Waals surface area contributed by atoms with E-state index in [1.807, 2.05) is 6.07 Å². The van der Waals surface area contributed by atoms with Crippen LogP contribution in [0.25, 0.3) is 0 Å². The summed E-state index contributed by atoms with van der Waals surface area (Å²) in [6.07, 6.45) is 3.47. The van der Waals surface area contributed by atoms with Crippen LogP contribution in [0.3, 0.4) is 0 Å². The molecular formula is C12H17NO. The normalized spacial score (nSPS) is 20.4. The van der Waals surface area contributed by atoms with Gasteiger partial charge >= 0.3 is 0 Å². The molecule has 2 N–H and O–H groups in total. The fourth-order valence-corrected chi connectivity index (χ4v) is 2.38. The molecule has 0 unspecified atom stereocenters. The summed E-state index contributed by atoms with van der Waals surface area (Å²) in [5.41, 5.74) is 10.1. The number of rotatable bonds is 1. The molecule has 0 saturated carbocycles. The van der Waals surface area contributed by atoms with Crippen molar-refractivity contribution in [2.75, 3.05) is 7.11 Å². The highest BCUT2D eigenvalue weighted by Crippen LogP contribution is 2.34. The molecule has 0 radical (unpaired) electrons. The van der Waals surface area contributed by atoms with E-state index in [1.54, 1.807) is 7.11 Å². The van der Waals surface area contributed by atoms with Crippen LogP contribution in [0.15, 0.2) is 12.1 Å². The highest BCUT2D eigenvalue weighted by molar-refractivity contribution is 5.46. The maximum Gasteiger partial charge on any atom is 0.122 e. The van der Waals surface area contributed by atoms with Gasteiger partial charge in [0.15, 0.2) is 0 Å². The van der Waals surface area contributed by atoms with Crippen molar-refractivity contribution in [3.63, 3.8) is 0 Å². The molecule has 76 valence electrons. The van der Waals surface area contributed by atoms with Crippen LogP contribution in [-0.2, 0) is 6.42 Å². The number of hydrogen-bond acceptors (Lipinski definition) is 2. The molecule has 2 nitrogen and oxygen atoms in total. The van der Waals surface area contributed by atoms with E-state index in [9.17, 15) is 0 Å². The number of ether oxygens (including phenoxy) is 1. The van der Waals surface area contributed by atoms with Gasteiger partial charge in [0.05, 0.1) is 7.11 Å². The van der Waals surface area contributed by atoms with Gasteiger partial charge in [0, 0.05) is 6.04 Å². The van der Waals surface area contributed by atoms with Crippen molar-refractivity contribution in [2.45, 2.75) is 32.2 Å². The van der Waals surface area contributed by atoms with E-state index in [0.29, 0.717) is 0 Å². The molecule has 14 heavy (non-hydrogen) atoms. The Morgan fingerprint density at radius 1 is 1.43 bits per heavy atom. The van der Waals surface area contributed by atoms with E-state index >= 15 is 0 Å². The number of benzene rings is 1. The van der Waals surface area contributed by atoms with Crippen LogP contribution in [0.1, 0.15) is 35.6 Å². The van der Waals surface area contributed by atoms with Crippen molar-refractivity contribution in [3.8, 4) is 5.75 Å². The minimum absolute atomic E-state index is 0.203. The van der Waals surface area contributed by atoms with Crippen molar-refractivity contribution in [2.24, 2.45) is 5.73 Å². The minimum Gasteiger partial charge on any atom is -0.496 e. The average molecular weight is 191 g/mol. The first-order valence-electron chi connectivity index (χ1n) is 5.16. The minimum atomic E-state index is 0.203. The Bertz CT molecular complexity index is 346. The monoisotopic (exact) mass is 191 g/mol. The molecule has 0 aliphatic heterocycles. The molecular weight excluding hydrogens is 174 g/mol. The molecule has 2 rings (SSSR count). The summed E-state index contributed by atoms with van der Waals surface area (Å²) in [6.45, 7) is 2.10. The highest BCUT2D eigenvalue weighted by Gasteiger charge is 2.20. The second-order valence-corrected chi connectivity index (χ2v) is 3.96. The third kappa shape index (κ3) is 1.40. The summed E-state index contributed by atoms with van der Waals surface area (Å²) >= 11 is 0. The number of methoxy groups -OCH3 is 1. The Hall–Kier alpha value is -1.02. The second-order valence-electron chi connectivity index (χ2n) is 3.96. The van der Waals surface area contributed by atoms with Crippen molar-refractivity contribution in [1.82, 2.24) is 0 Å². The van der Waals surface area contributed by atoms with E-state index in [1.165, 1.54) is 23.1 Å². The molecule has 1 atom stereocenters. The Morgan fingerprint density at radius 2 is 2.21 bits per heavy atom. The topological polar surface area (TPSA) is 35.2 Å². The van der Waals surface area contributed by atoms with E-state index < -0.39 is 0 Å². The first-order valence-corrected chi connectivity index (χ1v) is 5.16.